The maximum absolute atomic E-state index is 6.08. The smallest absolute Gasteiger partial charge is 0.128 e. The molecule has 20 heavy (non-hydrogen) atoms. The number of hydrogen-bond donors (Lipinski definition) is 2. The lowest BCUT2D eigenvalue weighted by Gasteiger charge is -2.34. The molecule has 0 radical (unpaired) electrons. The molecule has 1 aromatic rings. The number of pyridine rings is 1. The van der Waals surface area contributed by atoms with E-state index in [4.69, 9.17) is 17.3 Å². The van der Waals surface area contributed by atoms with E-state index in [1.165, 1.54) is 38.5 Å². The molecule has 1 aromatic heterocycles. The van der Waals surface area contributed by atoms with E-state index < -0.39 is 0 Å². The van der Waals surface area contributed by atoms with Crippen LogP contribution in [0, 0.1) is 11.8 Å². The summed E-state index contributed by atoms with van der Waals surface area (Å²) in [5.41, 5.74) is 7.09. The fourth-order valence-corrected chi connectivity index (χ4v) is 3.74. The van der Waals surface area contributed by atoms with Gasteiger partial charge in [0.2, 0.25) is 0 Å². The van der Waals surface area contributed by atoms with Crippen molar-refractivity contribution in [1.82, 2.24) is 10.3 Å². The second-order valence-electron chi connectivity index (χ2n) is 5.96. The molecular formula is C16H26ClN3. The molecule has 112 valence electrons. The van der Waals surface area contributed by atoms with E-state index in [2.05, 4.69) is 17.2 Å². The third-order valence-electron chi connectivity index (χ3n) is 4.62. The number of nitrogens with two attached hydrogens (primary N) is 1. The molecule has 1 aliphatic carbocycles. The van der Waals surface area contributed by atoms with Gasteiger partial charge in [-0.1, -0.05) is 44.2 Å². The van der Waals surface area contributed by atoms with Gasteiger partial charge in [-0.25, -0.2) is 4.98 Å². The van der Waals surface area contributed by atoms with Crippen molar-refractivity contribution in [3.8, 4) is 0 Å². The second-order valence-corrected chi connectivity index (χ2v) is 6.40. The molecule has 1 heterocycles. The van der Waals surface area contributed by atoms with Gasteiger partial charge in [0, 0.05) is 17.8 Å². The Hall–Kier alpha value is -0.800. The van der Waals surface area contributed by atoms with Crippen LogP contribution in [0.25, 0.3) is 0 Å². The standard InChI is InChI=1S/C16H26ClN3/c1-3-4-11-5-7-12(8-6-11)15(19-2)14-9-13(17)10-20-16(14)18/h9-12,15,19H,3-8H2,1-2H3,(H2,18,20). The molecule has 1 aliphatic rings. The summed E-state index contributed by atoms with van der Waals surface area (Å²) in [6.07, 6.45) is 9.50. The van der Waals surface area contributed by atoms with Gasteiger partial charge in [0.15, 0.2) is 0 Å². The Morgan fingerprint density at radius 2 is 2.10 bits per heavy atom. The van der Waals surface area contributed by atoms with E-state index in [1.54, 1.807) is 6.20 Å². The summed E-state index contributed by atoms with van der Waals surface area (Å²) in [6.45, 7) is 2.28. The van der Waals surface area contributed by atoms with Crippen LogP contribution in [0.4, 0.5) is 5.82 Å². The van der Waals surface area contributed by atoms with E-state index >= 15 is 0 Å². The van der Waals surface area contributed by atoms with Gasteiger partial charge >= 0.3 is 0 Å². The average Bonchev–Trinajstić information content (AvgIpc) is 2.45. The van der Waals surface area contributed by atoms with Crippen LogP contribution in [-0.4, -0.2) is 12.0 Å². The van der Waals surface area contributed by atoms with Crippen LogP contribution in [0.2, 0.25) is 5.02 Å². The van der Waals surface area contributed by atoms with Crippen molar-refractivity contribution in [2.45, 2.75) is 51.5 Å². The zero-order valence-electron chi connectivity index (χ0n) is 12.5. The van der Waals surface area contributed by atoms with Crippen molar-refractivity contribution in [2.75, 3.05) is 12.8 Å². The third kappa shape index (κ3) is 3.64. The summed E-state index contributed by atoms with van der Waals surface area (Å²) < 4.78 is 0. The molecule has 1 unspecified atom stereocenters. The molecule has 3 N–H and O–H groups in total. The van der Waals surface area contributed by atoms with Crippen molar-refractivity contribution in [3.05, 3.63) is 22.8 Å². The van der Waals surface area contributed by atoms with E-state index in [0.29, 0.717) is 16.8 Å². The first-order valence-corrected chi connectivity index (χ1v) is 8.11. The molecule has 1 saturated carbocycles. The molecule has 2 rings (SSSR count). The van der Waals surface area contributed by atoms with Crippen LogP contribution in [0.3, 0.4) is 0 Å². The number of anilines is 1. The molecule has 0 bridgehead atoms. The van der Waals surface area contributed by atoms with Gasteiger partial charge in [-0.3, -0.25) is 0 Å². The zero-order valence-corrected chi connectivity index (χ0v) is 13.3. The highest BCUT2D eigenvalue weighted by Gasteiger charge is 2.28. The van der Waals surface area contributed by atoms with Gasteiger partial charge in [0.25, 0.3) is 0 Å². The minimum atomic E-state index is 0.267. The van der Waals surface area contributed by atoms with E-state index in [1.807, 2.05) is 13.1 Å². The summed E-state index contributed by atoms with van der Waals surface area (Å²) >= 11 is 6.08. The monoisotopic (exact) mass is 295 g/mol. The van der Waals surface area contributed by atoms with Crippen molar-refractivity contribution in [2.24, 2.45) is 11.8 Å². The van der Waals surface area contributed by atoms with Crippen LogP contribution in [0.15, 0.2) is 12.3 Å². The predicted octanol–water partition coefficient (Wildman–Crippen LogP) is 4.18. The molecule has 1 fully saturated rings. The Balaban J connectivity index is 2.07. The zero-order chi connectivity index (χ0) is 14.5. The fraction of sp³-hybridized carbons (Fsp3) is 0.688. The van der Waals surface area contributed by atoms with Gasteiger partial charge < -0.3 is 11.1 Å². The molecule has 3 nitrogen and oxygen atoms in total. The van der Waals surface area contributed by atoms with Crippen molar-refractivity contribution >= 4 is 17.4 Å². The van der Waals surface area contributed by atoms with Gasteiger partial charge in [-0.05, 0) is 37.8 Å². The van der Waals surface area contributed by atoms with E-state index in [-0.39, 0.29) is 6.04 Å². The molecule has 1 atom stereocenters. The van der Waals surface area contributed by atoms with Crippen molar-refractivity contribution in [3.63, 3.8) is 0 Å². The van der Waals surface area contributed by atoms with Gasteiger partial charge in [0.1, 0.15) is 5.82 Å². The molecular weight excluding hydrogens is 270 g/mol. The quantitative estimate of drug-likeness (QED) is 0.856. The molecule has 0 saturated heterocycles. The van der Waals surface area contributed by atoms with Gasteiger partial charge in [-0.2, -0.15) is 0 Å². The largest absolute Gasteiger partial charge is 0.383 e. The highest BCUT2D eigenvalue weighted by atomic mass is 35.5. The Labute approximate surface area is 127 Å². The minimum Gasteiger partial charge on any atom is -0.383 e. The predicted molar refractivity (Wildman–Crippen MR) is 85.8 cm³/mol. The number of nitrogens with one attached hydrogen (secondary N) is 1. The maximum Gasteiger partial charge on any atom is 0.128 e. The third-order valence-corrected chi connectivity index (χ3v) is 4.83. The highest BCUT2D eigenvalue weighted by Crippen LogP contribution is 2.39. The summed E-state index contributed by atoms with van der Waals surface area (Å²) in [5, 5.41) is 4.09. The number of rotatable bonds is 5. The summed E-state index contributed by atoms with van der Waals surface area (Å²) in [5.74, 6) is 2.16. The molecule has 0 spiro atoms. The van der Waals surface area contributed by atoms with E-state index in [0.717, 1.165) is 11.5 Å². The molecule has 0 aromatic carbocycles. The number of hydrogen-bond acceptors (Lipinski definition) is 3. The number of aromatic nitrogens is 1. The topological polar surface area (TPSA) is 50.9 Å². The number of halogens is 1. The second kappa shape index (κ2) is 7.28. The van der Waals surface area contributed by atoms with Crippen LogP contribution >= 0.6 is 11.6 Å². The lowest BCUT2D eigenvalue weighted by Crippen LogP contribution is -2.29. The van der Waals surface area contributed by atoms with Crippen LogP contribution in [0.5, 0.6) is 0 Å². The molecule has 4 heteroatoms. The van der Waals surface area contributed by atoms with Crippen LogP contribution < -0.4 is 11.1 Å². The lowest BCUT2D eigenvalue weighted by atomic mass is 9.75. The molecule has 0 aliphatic heterocycles. The van der Waals surface area contributed by atoms with Crippen molar-refractivity contribution in [1.29, 1.82) is 0 Å². The Morgan fingerprint density at radius 1 is 1.40 bits per heavy atom. The summed E-state index contributed by atoms with van der Waals surface area (Å²) in [7, 11) is 2.00. The van der Waals surface area contributed by atoms with Crippen LogP contribution in [0.1, 0.15) is 57.1 Å². The molecule has 0 amide bonds. The SMILES string of the molecule is CCCC1CCC(C(NC)c2cc(Cl)cnc2N)CC1. The highest BCUT2D eigenvalue weighted by molar-refractivity contribution is 6.30. The normalized spacial score (nSPS) is 24.6. The van der Waals surface area contributed by atoms with Gasteiger partial charge in [-0.15, -0.1) is 0 Å². The number of nitrogens with zero attached hydrogens (tertiary/aromatic N) is 1. The summed E-state index contributed by atoms with van der Waals surface area (Å²) in [6, 6.07) is 2.23. The Morgan fingerprint density at radius 3 is 2.70 bits per heavy atom. The lowest BCUT2D eigenvalue weighted by molar-refractivity contribution is 0.220. The van der Waals surface area contributed by atoms with Crippen LogP contribution in [-0.2, 0) is 0 Å². The van der Waals surface area contributed by atoms with Gasteiger partial charge in [0.05, 0.1) is 5.02 Å². The number of nitrogen functional groups attached to an aromatic ring is 1. The fourth-order valence-electron chi connectivity index (χ4n) is 3.58. The first kappa shape index (κ1) is 15.6. The average molecular weight is 296 g/mol. The van der Waals surface area contributed by atoms with E-state index in [9.17, 15) is 0 Å². The maximum atomic E-state index is 6.08. The summed E-state index contributed by atoms with van der Waals surface area (Å²) in [4.78, 5) is 4.19. The minimum absolute atomic E-state index is 0.267. The Kier molecular flexibility index (Phi) is 5.67. The first-order valence-electron chi connectivity index (χ1n) is 7.73. The first-order chi connectivity index (χ1) is 9.65. The Bertz CT molecular complexity index is 428. The van der Waals surface area contributed by atoms with Crippen molar-refractivity contribution < 1.29 is 0 Å².